The van der Waals surface area contributed by atoms with Gasteiger partial charge in [0, 0.05) is 11.3 Å². The van der Waals surface area contributed by atoms with E-state index in [0.29, 0.717) is 6.54 Å². The lowest BCUT2D eigenvalue weighted by Crippen LogP contribution is -2.29. The molecule has 16 heavy (non-hydrogen) atoms. The zero-order valence-corrected chi connectivity index (χ0v) is 10.2. The van der Waals surface area contributed by atoms with Gasteiger partial charge in [0.1, 0.15) is 0 Å². The Morgan fingerprint density at radius 1 is 1.56 bits per heavy atom. The Kier molecular flexibility index (Phi) is 3.72. The fraction of sp³-hybridized carbons (Fsp3) is 0.500. The highest BCUT2D eigenvalue weighted by atomic mass is 32.1. The summed E-state index contributed by atoms with van der Waals surface area (Å²) < 4.78 is 0. The van der Waals surface area contributed by atoms with Crippen LogP contribution >= 0.6 is 11.3 Å². The molecule has 0 fully saturated rings. The van der Waals surface area contributed by atoms with Gasteiger partial charge in [-0.15, -0.1) is 11.3 Å². The van der Waals surface area contributed by atoms with Crippen LogP contribution < -0.4 is 5.32 Å². The molecule has 0 aliphatic heterocycles. The molecule has 0 bridgehead atoms. The molecule has 1 heterocycles. The summed E-state index contributed by atoms with van der Waals surface area (Å²) in [6.45, 7) is 2.65. The topological polar surface area (TPSA) is 42.0 Å². The highest BCUT2D eigenvalue weighted by Crippen LogP contribution is 2.17. The fourth-order valence-electron chi connectivity index (χ4n) is 1.75. The number of thiazole rings is 1. The van der Waals surface area contributed by atoms with E-state index in [9.17, 15) is 4.79 Å². The van der Waals surface area contributed by atoms with E-state index in [1.165, 1.54) is 0 Å². The Morgan fingerprint density at radius 2 is 2.31 bits per heavy atom. The molecule has 0 spiro atoms. The van der Waals surface area contributed by atoms with E-state index in [2.05, 4.69) is 29.4 Å². The van der Waals surface area contributed by atoms with Gasteiger partial charge in [0.05, 0.1) is 17.2 Å². The summed E-state index contributed by atoms with van der Waals surface area (Å²) in [6, 6.07) is 0. The quantitative estimate of drug-likeness (QED) is 0.815. The van der Waals surface area contributed by atoms with Crippen LogP contribution in [0.3, 0.4) is 0 Å². The summed E-state index contributed by atoms with van der Waals surface area (Å²) >= 11 is 1.66. The van der Waals surface area contributed by atoms with Gasteiger partial charge < -0.3 is 5.32 Å². The number of rotatable bonds is 4. The second-order valence-corrected chi connectivity index (χ2v) is 4.89. The third-order valence-corrected chi connectivity index (χ3v) is 3.77. The average molecular weight is 236 g/mol. The summed E-state index contributed by atoms with van der Waals surface area (Å²) in [7, 11) is 0. The van der Waals surface area contributed by atoms with Gasteiger partial charge in [-0.25, -0.2) is 4.98 Å². The van der Waals surface area contributed by atoms with E-state index >= 15 is 0 Å². The van der Waals surface area contributed by atoms with Crippen LogP contribution in [0.4, 0.5) is 0 Å². The van der Waals surface area contributed by atoms with Crippen molar-refractivity contribution in [1.82, 2.24) is 10.3 Å². The number of allylic oxidation sites excluding steroid dienone is 2. The van der Waals surface area contributed by atoms with Gasteiger partial charge in [0.2, 0.25) is 5.91 Å². The average Bonchev–Trinajstić information content (AvgIpc) is 2.96. The summed E-state index contributed by atoms with van der Waals surface area (Å²) in [5.41, 5.74) is 0.973. The molecule has 0 atom stereocenters. The second kappa shape index (κ2) is 5.25. The van der Waals surface area contributed by atoms with Crippen LogP contribution in [0, 0.1) is 5.92 Å². The number of hydrogen-bond donors (Lipinski definition) is 1. The van der Waals surface area contributed by atoms with Crippen LogP contribution in [0.2, 0.25) is 0 Å². The number of nitrogens with zero attached hydrogens (tertiary/aromatic N) is 1. The molecule has 1 N–H and O–H groups in total. The van der Waals surface area contributed by atoms with Crippen molar-refractivity contribution in [1.29, 1.82) is 0 Å². The van der Waals surface area contributed by atoms with Crippen LogP contribution in [0.15, 0.2) is 17.5 Å². The molecule has 1 aromatic heterocycles. The van der Waals surface area contributed by atoms with Crippen molar-refractivity contribution < 1.29 is 4.79 Å². The van der Waals surface area contributed by atoms with Gasteiger partial charge in [-0.3, -0.25) is 4.79 Å². The largest absolute Gasteiger partial charge is 0.350 e. The number of nitrogens with one attached hydrogen (secondary N) is 1. The Labute approximate surface area is 99.6 Å². The molecule has 1 amide bonds. The lowest BCUT2D eigenvalue weighted by molar-refractivity contribution is -0.124. The third-order valence-electron chi connectivity index (χ3n) is 2.72. The number of aromatic nitrogens is 1. The van der Waals surface area contributed by atoms with Crippen LogP contribution in [-0.2, 0) is 17.8 Å². The Bertz CT molecular complexity index is 389. The van der Waals surface area contributed by atoms with Gasteiger partial charge in [-0.2, -0.15) is 0 Å². The van der Waals surface area contributed by atoms with E-state index in [4.69, 9.17) is 0 Å². The van der Waals surface area contributed by atoms with Crippen molar-refractivity contribution in [2.45, 2.75) is 32.7 Å². The number of amides is 1. The first kappa shape index (κ1) is 11.3. The molecule has 0 unspecified atom stereocenters. The van der Waals surface area contributed by atoms with Gasteiger partial charge >= 0.3 is 0 Å². The SMILES string of the molecule is CCc1nc(CNC(=O)C2CC=CC2)cs1. The number of carbonyl (C=O) groups is 1. The van der Waals surface area contributed by atoms with E-state index in [0.717, 1.165) is 30.0 Å². The molecule has 0 saturated carbocycles. The molecule has 2 rings (SSSR count). The van der Waals surface area contributed by atoms with Crippen molar-refractivity contribution in [2.75, 3.05) is 0 Å². The predicted octanol–water partition coefficient (Wildman–Crippen LogP) is 2.29. The first-order valence-corrected chi connectivity index (χ1v) is 6.53. The Morgan fingerprint density at radius 3 is 2.94 bits per heavy atom. The van der Waals surface area contributed by atoms with Crippen molar-refractivity contribution in [3.8, 4) is 0 Å². The van der Waals surface area contributed by atoms with Gasteiger partial charge in [0.15, 0.2) is 0 Å². The predicted molar refractivity (Wildman–Crippen MR) is 65.2 cm³/mol. The maximum Gasteiger partial charge on any atom is 0.224 e. The summed E-state index contributed by atoms with van der Waals surface area (Å²) in [6.07, 6.45) is 6.86. The lowest BCUT2D eigenvalue weighted by atomic mass is 10.1. The van der Waals surface area contributed by atoms with Gasteiger partial charge in [0.25, 0.3) is 0 Å². The zero-order valence-electron chi connectivity index (χ0n) is 9.40. The van der Waals surface area contributed by atoms with E-state index in [1.807, 2.05) is 5.38 Å². The molecule has 0 radical (unpaired) electrons. The first-order valence-electron chi connectivity index (χ1n) is 5.65. The minimum atomic E-state index is 0.143. The highest BCUT2D eigenvalue weighted by molar-refractivity contribution is 7.09. The van der Waals surface area contributed by atoms with Gasteiger partial charge in [-0.1, -0.05) is 19.1 Å². The van der Waals surface area contributed by atoms with Crippen molar-refractivity contribution >= 4 is 17.2 Å². The van der Waals surface area contributed by atoms with Crippen molar-refractivity contribution in [3.63, 3.8) is 0 Å². The number of hydrogen-bond acceptors (Lipinski definition) is 3. The molecule has 4 heteroatoms. The van der Waals surface area contributed by atoms with Crippen LogP contribution in [0.5, 0.6) is 0 Å². The van der Waals surface area contributed by atoms with Crippen LogP contribution in [-0.4, -0.2) is 10.9 Å². The highest BCUT2D eigenvalue weighted by Gasteiger charge is 2.18. The van der Waals surface area contributed by atoms with E-state index in [1.54, 1.807) is 11.3 Å². The molecule has 0 aromatic carbocycles. The van der Waals surface area contributed by atoms with Crippen LogP contribution in [0.25, 0.3) is 0 Å². The van der Waals surface area contributed by atoms with E-state index < -0.39 is 0 Å². The second-order valence-electron chi connectivity index (χ2n) is 3.94. The Balaban J connectivity index is 1.80. The summed E-state index contributed by atoms with van der Waals surface area (Å²) in [4.78, 5) is 16.1. The van der Waals surface area contributed by atoms with Crippen molar-refractivity contribution in [3.05, 3.63) is 28.2 Å². The normalized spacial score (nSPS) is 15.6. The minimum Gasteiger partial charge on any atom is -0.350 e. The zero-order chi connectivity index (χ0) is 11.4. The van der Waals surface area contributed by atoms with Gasteiger partial charge in [-0.05, 0) is 19.3 Å². The maximum absolute atomic E-state index is 11.7. The lowest BCUT2D eigenvalue weighted by Gasteiger charge is -2.08. The summed E-state index contributed by atoms with van der Waals surface area (Å²) in [5.74, 6) is 0.292. The maximum atomic E-state index is 11.7. The molecule has 1 aliphatic carbocycles. The molecular weight excluding hydrogens is 220 g/mol. The number of aryl methyl sites for hydroxylation is 1. The molecular formula is C12H16N2OS. The third kappa shape index (κ3) is 2.70. The standard InChI is InChI=1S/C12H16N2OS/c1-2-11-14-10(8-16-11)7-13-12(15)9-5-3-4-6-9/h3-4,8-9H,2,5-7H2,1H3,(H,13,15). The number of carbonyl (C=O) groups excluding carboxylic acids is 1. The molecule has 1 aliphatic rings. The molecule has 3 nitrogen and oxygen atoms in total. The van der Waals surface area contributed by atoms with Crippen LogP contribution in [0.1, 0.15) is 30.5 Å². The Hall–Kier alpha value is -1.16. The molecule has 86 valence electrons. The van der Waals surface area contributed by atoms with Crippen molar-refractivity contribution in [2.24, 2.45) is 5.92 Å². The minimum absolute atomic E-state index is 0.143. The first-order chi connectivity index (χ1) is 7.79. The van der Waals surface area contributed by atoms with E-state index in [-0.39, 0.29) is 11.8 Å². The fourth-order valence-corrected chi connectivity index (χ4v) is 2.49. The molecule has 0 saturated heterocycles. The smallest absolute Gasteiger partial charge is 0.224 e. The molecule has 1 aromatic rings. The monoisotopic (exact) mass is 236 g/mol. The summed E-state index contributed by atoms with van der Waals surface area (Å²) in [5, 5.41) is 6.09.